The molecule has 0 spiro atoms. The van der Waals surface area contributed by atoms with Gasteiger partial charge in [-0.25, -0.2) is 19.4 Å². The molecule has 0 radical (unpaired) electrons. The summed E-state index contributed by atoms with van der Waals surface area (Å²) in [6.07, 6.45) is -7.42. The number of pyridine rings is 1. The third kappa shape index (κ3) is 11.0. The van der Waals surface area contributed by atoms with Gasteiger partial charge in [0.25, 0.3) is 0 Å². The van der Waals surface area contributed by atoms with E-state index in [-0.39, 0.29) is 5.56 Å². The number of amidine groups is 1. The van der Waals surface area contributed by atoms with E-state index in [0.717, 1.165) is 25.9 Å². The molecule has 1 aromatic rings. The van der Waals surface area contributed by atoms with Gasteiger partial charge in [-0.1, -0.05) is 15.9 Å². The topological polar surface area (TPSA) is 152 Å². The number of likely N-dealkylation sites (tertiary alicyclic amines) is 1. The molecule has 4 N–H and O–H groups in total. The Bertz CT molecular complexity index is 833. The smallest absolute Gasteiger partial charge is 0.478 e. The second-order valence-corrected chi connectivity index (χ2v) is 6.88. The highest BCUT2D eigenvalue weighted by atomic mass is 79.9. The zero-order valence-electron chi connectivity index (χ0n) is 16.5. The molecule has 1 aromatic heterocycles. The number of alkyl halides is 7. The van der Waals surface area contributed by atoms with E-state index in [2.05, 4.69) is 20.9 Å². The Kier molecular flexibility index (Phi) is 11.8. The molecule has 0 saturated carbocycles. The van der Waals surface area contributed by atoms with Crippen LogP contribution in [0, 0.1) is 5.41 Å². The lowest BCUT2D eigenvalue weighted by molar-refractivity contribution is -0.193. The average Bonchev–Trinajstić information content (AvgIpc) is 3.21. The first kappa shape index (κ1) is 30.1. The number of carbonyl (C=O) groups is 3. The fourth-order valence-corrected chi connectivity index (χ4v) is 2.59. The maximum absolute atomic E-state index is 11.1. The van der Waals surface area contributed by atoms with E-state index < -0.39 is 30.3 Å². The van der Waals surface area contributed by atoms with Gasteiger partial charge in [0.2, 0.25) is 0 Å². The largest absolute Gasteiger partial charge is 0.490 e. The molecule has 2 rings (SSSR count). The van der Waals surface area contributed by atoms with Gasteiger partial charge in [-0.15, -0.1) is 0 Å². The van der Waals surface area contributed by atoms with Gasteiger partial charge in [-0.05, 0) is 25.0 Å². The molecule has 1 fully saturated rings. The van der Waals surface area contributed by atoms with E-state index in [1.165, 1.54) is 0 Å². The minimum Gasteiger partial charge on any atom is -0.478 e. The second-order valence-electron chi connectivity index (χ2n) is 6.08. The fourth-order valence-electron chi connectivity index (χ4n) is 2.21. The first-order valence-corrected chi connectivity index (χ1v) is 9.87. The van der Waals surface area contributed by atoms with E-state index >= 15 is 0 Å². The number of carboxylic acids is 3. The number of aromatic carboxylic acids is 1. The van der Waals surface area contributed by atoms with Crippen LogP contribution >= 0.6 is 15.9 Å². The van der Waals surface area contributed by atoms with E-state index in [1.807, 2.05) is 4.90 Å². The summed E-state index contributed by atoms with van der Waals surface area (Å²) in [5.41, 5.74) is 1.31. The van der Waals surface area contributed by atoms with Crippen molar-refractivity contribution in [1.82, 2.24) is 9.88 Å². The number of rotatable bonds is 4. The molecule has 33 heavy (non-hydrogen) atoms. The monoisotopic (exact) mass is 553 g/mol. The maximum Gasteiger partial charge on any atom is 0.490 e. The number of nitrogens with one attached hydrogen (secondary N) is 1. The second kappa shape index (κ2) is 13.0. The molecule has 9 nitrogen and oxygen atoms in total. The summed E-state index contributed by atoms with van der Waals surface area (Å²) in [6, 6.07) is 3.18. The standard InChI is InChI=1S/C13H16BrN3O2.2C2HF3O2/c14-6-5-10-9(13(18)19)3-4-11(16-10)12(15)17-7-1-2-8-17;2*3-2(4,5)1(6)7/h3-4,15H,1-2,5-8H2,(H,18,19);2*(H,6,7). The van der Waals surface area contributed by atoms with Crippen LogP contribution in [-0.2, 0) is 16.0 Å². The van der Waals surface area contributed by atoms with Crippen molar-refractivity contribution in [1.29, 1.82) is 5.41 Å². The SMILES string of the molecule is N=C(c1ccc(C(=O)O)c(CCBr)n1)N1CCCC1.O=C(O)C(F)(F)F.O=C(O)C(F)(F)F. The zero-order chi connectivity index (χ0) is 26.0. The Labute approximate surface area is 190 Å². The van der Waals surface area contributed by atoms with Gasteiger partial charge in [0.15, 0.2) is 0 Å². The highest BCUT2D eigenvalue weighted by Gasteiger charge is 2.38. The molecule has 1 aliphatic heterocycles. The Morgan fingerprint density at radius 3 is 1.73 bits per heavy atom. The third-order valence-corrected chi connectivity index (χ3v) is 4.08. The minimum atomic E-state index is -5.08. The lowest BCUT2D eigenvalue weighted by Gasteiger charge is -2.18. The van der Waals surface area contributed by atoms with Gasteiger partial charge in [0.05, 0.1) is 11.3 Å². The summed E-state index contributed by atoms with van der Waals surface area (Å²) in [7, 11) is 0. The summed E-state index contributed by atoms with van der Waals surface area (Å²) in [5, 5.41) is 32.2. The molecule has 0 atom stereocenters. The summed E-state index contributed by atoms with van der Waals surface area (Å²) in [5.74, 6) is -6.09. The Balaban J connectivity index is 0.000000605. The number of hydrogen-bond acceptors (Lipinski definition) is 5. The molecule has 1 aliphatic rings. The molecular weight excluding hydrogens is 536 g/mol. The lowest BCUT2D eigenvalue weighted by atomic mass is 10.1. The number of hydrogen-bond donors (Lipinski definition) is 4. The minimum absolute atomic E-state index is 0.220. The first-order valence-electron chi connectivity index (χ1n) is 8.75. The van der Waals surface area contributed by atoms with Crippen molar-refractivity contribution in [3.8, 4) is 0 Å². The van der Waals surface area contributed by atoms with Crippen molar-refractivity contribution < 1.29 is 56.0 Å². The van der Waals surface area contributed by atoms with Gasteiger partial charge in [-0.2, -0.15) is 26.3 Å². The van der Waals surface area contributed by atoms with Gasteiger partial charge in [-0.3, -0.25) is 5.41 Å². The van der Waals surface area contributed by atoms with E-state index in [1.54, 1.807) is 12.1 Å². The summed E-state index contributed by atoms with van der Waals surface area (Å²) in [4.78, 5) is 35.2. The van der Waals surface area contributed by atoms with Crippen LogP contribution in [0.25, 0.3) is 0 Å². The molecule has 0 amide bonds. The van der Waals surface area contributed by atoms with Gasteiger partial charge in [0.1, 0.15) is 11.5 Å². The lowest BCUT2D eigenvalue weighted by Crippen LogP contribution is -2.29. The van der Waals surface area contributed by atoms with Crippen molar-refractivity contribution in [2.75, 3.05) is 18.4 Å². The van der Waals surface area contributed by atoms with Crippen LogP contribution in [0.4, 0.5) is 26.3 Å². The Morgan fingerprint density at radius 2 is 1.39 bits per heavy atom. The summed E-state index contributed by atoms with van der Waals surface area (Å²) in [6.45, 7) is 1.77. The predicted octanol–water partition coefficient (Wildman–Crippen LogP) is 3.40. The molecule has 1 saturated heterocycles. The summed E-state index contributed by atoms with van der Waals surface area (Å²) < 4.78 is 63.5. The van der Waals surface area contributed by atoms with Crippen molar-refractivity contribution in [3.63, 3.8) is 0 Å². The Morgan fingerprint density at radius 1 is 0.970 bits per heavy atom. The van der Waals surface area contributed by atoms with Gasteiger partial charge >= 0.3 is 30.3 Å². The van der Waals surface area contributed by atoms with Crippen LogP contribution < -0.4 is 0 Å². The molecule has 0 aromatic carbocycles. The molecule has 0 bridgehead atoms. The molecule has 0 aliphatic carbocycles. The highest BCUT2D eigenvalue weighted by molar-refractivity contribution is 9.09. The molecular formula is C17H18BrF6N3O6. The van der Waals surface area contributed by atoms with E-state index in [9.17, 15) is 31.1 Å². The third-order valence-electron chi connectivity index (χ3n) is 3.69. The normalized spacial score (nSPS) is 13.2. The van der Waals surface area contributed by atoms with E-state index in [4.69, 9.17) is 30.3 Å². The molecule has 0 unspecified atom stereocenters. The molecule has 186 valence electrons. The number of halogens is 7. The zero-order valence-corrected chi connectivity index (χ0v) is 18.1. The number of nitrogens with zero attached hydrogens (tertiary/aromatic N) is 2. The quantitative estimate of drug-likeness (QED) is 0.191. The van der Waals surface area contributed by atoms with Crippen LogP contribution in [0.5, 0.6) is 0 Å². The van der Waals surface area contributed by atoms with Crippen molar-refractivity contribution in [3.05, 3.63) is 29.1 Å². The number of aromatic nitrogens is 1. The summed E-state index contributed by atoms with van der Waals surface area (Å²) >= 11 is 3.30. The maximum atomic E-state index is 11.1. The highest BCUT2D eigenvalue weighted by Crippen LogP contribution is 2.15. The van der Waals surface area contributed by atoms with Crippen molar-refractivity contribution >= 4 is 39.7 Å². The average molecular weight is 554 g/mol. The Hall–Kier alpha value is -2.91. The number of aliphatic carboxylic acids is 2. The number of carboxylic acid groups (broad SMARTS) is 3. The van der Waals surface area contributed by atoms with Crippen molar-refractivity contribution in [2.24, 2.45) is 0 Å². The van der Waals surface area contributed by atoms with Gasteiger partial charge in [0, 0.05) is 24.8 Å². The number of aryl methyl sites for hydroxylation is 1. The van der Waals surface area contributed by atoms with Crippen LogP contribution in [0.3, 0.4) is 0 Å². The molecule has 16 heteroatoms. The fraction of sp³-hybridized carbons (Fsp3) is 0.471. The van der Waals surface area contributed by atoms with Gasteiger partial charge < -0.3 is 20.2 Å². The van der Waals surface area contributed by atoms with Crippen LogP contribution in [0.2, 0.25) is 0 Å². The predicted molar refractivity (Wildman–Crippen MR) is 104 cm³/mol. The first-order chi connectivity index (χ1) is 15.0. The molecule has 2 heterocycles. The van der Waals surface area contributed by atoms with Crippen LogP contribution in [0.15, 0.2) is 12.1 Å². The van der Waals surface area contributed by atoms with E-state index in [0.29, 0.717) is 29.0 Å². The van der Waals surface area contributed by atoms with Crippen molar-refractivity contribution in [2.45, 2.75) is 31.6 Å². The van der Waals surface area contributed by atoms with Crippen LogP contribution in [-0.4, -0.2) is 79.7 Å². The van der Waals surface area contributed by atoms with Crippen LogP contribution in [0.1, 0.15) is 34.6 Å².